The van der Waals surface area contributed by atoms with Gasteiger partial charge in [0.1, 0.15) is 5.75 Å². The zero-order valence-electron chi connectivity index (χ0n) is 7.14. The summed E-state index contributed by atoms with van der Waals surface area (Å²) in [7, 11) is -2.45. The predicted octanol–water partition coefficient (Wildman–Crippen LogP) is 1.09. The Bertz CT molecular complexity index is 344. The van der Waals surface area contributed by atoms with E-state index in [0.29, 0.717) is 5.56 Å². The molecule has 0 aliphatic heterocycles. The Morgan fingerprint density at radius 2 is 1.85 bits per heavy atom. The molecule has 4 nitrogen and oxygen atoms in total. The fourth-order valence-corrected chi connectivity index (χ4v) is 1.76. The largest absolute Gasteiger partial charge is 0.297 e. The second-order valence-corrected chi connectivity index (χ2v) is 3.96. The van der Waals surface area contributed by atoms with Gasteiger partial charge in [0.25, 0.3) is 10.1 Å². The molecule has 0 aliphatic carbocycles. The van der Waals surface area contributed by atoms with Gasteiger partial charge < -0.3 is 0 Å². The minimum absolute atomic E-state index is 0.179. The van der Waals surface area contributed by atoms with Crippen molar-refractivity contribution in [3.05, 3.63) is 35.9 Å². The summed E-state index contributed by atoms with van der Waals surface area (Å²) in [6, 6.07) is 8.75. The molecule has 0 N–H and O–H groups in total. The van der Waals surface area contributed by atoms with Crippen LogP contribution in [0, 0.1) is 0 Å². The first-order valence-corrected chi connectivity index (χ1v) is 5.21. The maximum atomic E-state index is 11.1. The zero-order chi connectivity index (χ0) is 9.73. The first-order valence-electron chi connectivity index (χ1n) is 3.63. The molecule has 0 amide bonds. The fraction of sp³-hybridized carbons (Fsp3) is 0.250. The van der Waals surface area contributed by atoms with Crippen LogP contribution < -0.4 is 0 Å². The van der Waals surface area contributed by atoms with Gasteiger partial charge in [-0.2, -0.15) is 8.42 Å². The molecular formula is C8H10O4S. The van der Waals surface area contributed by atoms with Gasteiger partial charge in [0.2, 0.25) is 0 Å². The van der Waals surface area contributed by atoms with E-state index in [9.17, 15) is 8.42 Å². The molecule has 1 rings (SSSR count). The van der Waals surface area contributed by atoms with Crippen molar-refractivity contribution in [2.24, 2.45) is 0 Å². The molecule has 1 aromatic carbocycles. The van der Waals surface area contributed by atoms with Crippen molar-refractivity contribution in [1.82, 2.24) is 0 Å². The Morgan fingerprint density at radius 1 is 1.23 bits per heavy atom. The number of hydrogen-bond acceptors (Lipinski definition) is 4. The molecule has 0 saturated carbocycles. The van der Waals surface area contributed by atoms with Crippen molar-refractivity contribution in [2.75, 3.05) is 7.11 Å². The highest BCUT2D eigenvalue weighted by Gasteiger charge is 2.12. The third-order valence-electron chi connectivity index (χ3n) is 1.36. The van der Waals surface area contributed by atoms with Crippen LogP contribution in [0.3, 0.4) is 0 Å². The summed E-state index contributed by atoms with van der Waals surface area (Å²) < 4.78 is 26.2. The van der Waals surface area contributed by atoms with E-state index >= 15 is 0 Å². The lowest BCUT2D eigenvalue weighted by atomic mass is 10.2. The molecule has 0 atom stereocenters. The van der Waals surface area contributed by atoms with Crippen molar-refractivity contribution in [2.45, 2.75) is 5.75 Å². The standard InChI is InChI=1S/C8H10O4S/c1-11-12-13(9,10)7-8-5-3-2-4-6-8/h2-6H,7H2,1H3. The van der Waals surface area contributed by atoms with Crippen molar-refractivity contribution in [3.8, 4) is 0 Å². The minimum Gasteiger partial charge on any atom is -0.223 e. The Kier molecular flexibility index (Phi) is 3.41. The van der Waals surface area contributed by atoms with Crippen molar-refractivity contribution in [3.63, 3.8) is 0 Å². The van der Waals surface area contributed by atoms with E-state index in [2.05, 4.69) is 9.22 Å². The highest BCUT2D eigenvalue weighted by atomic mass is 32.2. The average molecular weight is 202 g/mol. The van der Waals surface area contributed by atoms with Crippen LogP contribution in [-0.2, 0) is 25.1 Å². The Hall–Kier alpha value is -0.910. The van der Waals surface area contributed by atoms with Crippen LogP contribution in [0.15, 0.2) is 30.3 Å². The summed E-state index contributed by atoms with van der Waals surface area (Å²) in [6.07, 6.45) is 0. The van der Waals surface area contributed by atoms with Gasteiger partial charge in [-0.25, -0.2) is 4.89 Å². The van der Waals surface area contributed by atoms with Crippen LogP contribution >= 0.6 is 0 Å². The minimum atomic E-state index is -3.61. The summed E-state index contributed by atoms with van der Waals surface area (Å²) in [6.45, 7) is 0. The second-order valence-electron chi connectivity index (χ2n) is 2.42. The smallest absolute Gasteiger partial charge is 0.223 e. The van der Waals surface area contributed by atoms with E-state index in [0.717, 1.165) is 7.11 Å². The van der Waals surface area contributed by atoms with Gasteiger partial charge in [0, 0.05) is 0 Å². The number of benzene rings is 1. The summed E-state index contributed by atoms with van der Waals surface area (Å²) in [5.41, 5.74) is 0.666. The molecule has 0 radical (unpaired) electrons. The molecule has 0 fully saturated rings. The molecule has 0 bridgehead atoms. The van der Waals surface area contributed by atoms with Crippen molar-refractivity contribution in [1.29, 1.82) is 0 Å². The van der Waals surface area contributed by atoms with E-state index in [-0.39, 0.29) is 5.75 Å². The molecule has 13 heavy (non-hydrogen) atoms. The van der Waals surface area contributed by atoms with E-state index < -0.39 is 10.1 Å². The monoisotopic (exact) mass is 202 g/mol. The number of rotatable bonds is 4. The third kappa shape index (κ3) is 3.54. The molecule has 0 aromatic heterocycles. The lowest BCUT2D eigenvalue weighted by Crippen LogP contribution is -2.07. The molecule has 0 spiro atoms. The Morgan fingerprint density at radius 3 is 2.38 bits per heavy atom. The lowest BCUT2D eigenvalue weighted by molar-refractivity contribution is -0.172. The van der Waals surface area contributed by atoms with Crippen molar-refractivity contribution >= 4 is 10.1 Å². The van der Waals surface area contributed by atoms with Crippen LogP contribution in [0.5, 0.6) is 0 Å². The highest BCUT2D eigenvalue weighted by molar-refractivity contribution is 7.85. The molecule has 0 heterocycles. The second kappa shape index (κ2) is 4.36. The first-order chi connectivity index (χ1) is 6.14. The zero-order valence-corrected chi connectivity index (χ0v) is 7.95. The number of hydrogen-bond donors (Lipinski definition) is 0. The Labute approximate surface area is 77.2 Å². The predicted molar refractivity (Wildman–Crippen MR) is 47.2 cm³/mol. The molecule has 5 heteroatoms. The maximum Gasteiger partial charge on any atom is 0.297 e. The summed E-state index contributed by atoms with van der Waals surface area (Å²) >= 11 is 0. The molecule has 0 unspecified atom stereocenters. The normalized spacial score (nSPS) is 11.5. The highest BCUT2D eigenvalue weighted by Crippen LogP contribution is 2.06. The van der Waals surface area contributed by atoms with Gasteiger partial charge in [-0.05, 0) is 5.56 Å². The van der Waals surface area contributed by atoms with Crippen LogP contribution in [0.1, 0.15) is 5.56 Å². The van der Waals surface area contributed by atoms with Gasteiger partial charge >= 0.3 is 0 Å². The Balaban J connectivity index is 2.70. The third-order valence-corrected chi connectivity index (χ3v) is 2.39. The van der Waals surface area contributed by atoms with E-state index in [1.54, 1.807) is 24.3 Å². The lowest BCUT2D eigenvalue weighted by Gasteiger charge is -2.01. The molecular weight excluding hydrogens is 192 g/mol. The fourth-order valence-electron chi connectivity index (χ4n) is 0.906. The SMILES string of the molecule is COOS(=O)(=O)Cc1ccccc1. The molecule has 0 saturated heterocycles. The van der Waals surface area contributed by atoms with E-state index in [4.69, 9.17) is 0 Å². The van der Waals surface area contributed by atoms with Gasteiger partial charge in [-0.1, -0.05) is 30.3 Å². The average Bonchev–Trinajstić information content (AvgIpc) is 2.04. The maximum absolute atomic E-state index is 11.1. The van der Waals surface area contributed by atoms with Crippen LogP contribution in [0.2, 0.25) is 0 Å². The van der Waals surface area contributed by atoms with Gasteiger partial charge in [0.05, 0.1) is 7.11 Å². The summed E-state index contributed by atoms with van der Waals surface area (Å²) in [4.78, 5) is 4.09. The topological polar surface area (TPSA) is 52.6 Å². The quantitative estimate of drug-likeness (QED) is 0.542. The van der Waals surface area contributed by atoms with E-state index in [1.807, 2.05) is 6.07 Å². The van der Waals surface area contributed by atoms with Crippen LogP contribution in [0.25, 0.3) is 0 Å². The molecule has 72 valence electrons. The molecule has 1 aromatic rings. The summed E-state index contributed by atoms with van der Waals surface area (Å²) in [5, 5.41) is 0. The summed E-state index contributed by atoms with van der Waals surface area (Å²) in [5.74, 6) is -0.179. The van der Waals surface area contributed by atoms with Gasteiger partial charge in [-0.15, -0.1) is 4.33 Å². The van der Waals surface area contributed by atoms with Gasteiger partial charge in [0.15, 0.2) is 0 Å². The van der Waals surface area contributed by atoms with Crippen LogP contribution in [-0.4, -0.2) is 15.5 Å². The van der Waals surface area contributed by atoms with Crippen molar-refractivity contribution < 1.29 is 17.6 Å². The van der Waals surface area contributed by atoms with E-state index in [1.165, 1.54) is 0 Å². The molecule has 0 aliphatic rings. The van der Waals surface area contributed by atoms with Gasteiger partial charge in [-0.3, -0.25) is 0 Å². The first kappa shape index (κ1) is 10.2. The van der Waals surface area contributed by atoms with Crippen LogP contribution in [0.4, 0.5) is 0 Å².